The monoisotopic (exact) mass is 335 g/mol. The summed E-state index contributed by atoms with van der Waals surface area (Å²) in [7, 11) is -2.95. The van der Waals surface area contributed by atoms with Crippen LogP contribution in [0.2, 0.25) is 0 Å². The molecule has 0 radical (unpaired) electrons. The molecular weight excluding hydrogens is 322 g/mol. The van der Waals surface area contributed by atoms with Crippen LogP contribution in [0.3, 0.4) is 0 Å². The van der Waals surface area contributed by atoms with Gasteiger partial charge in [0.15, 0.2) is 9.84 Å². The van der Waals surface area contributed by atoms with Gasteiger partial charge in [-0.25, -0.2) is 13.2 Å². The fraction of sp³-hybridized carbons (Fsp3) is 0.400. The van der Waals surface area contributed by atoms with E-state index in [2.05, 4.69) is 0 Å². The van der Waals surface area contributed by atoms with E-state index in [-0.39, 0.29) is 28.0 Å². The number of hydrogen-bond donors (Lipinski definition) is 0. The van der Waals surface area contributed by atoms with Crippen LogP contribution in [0.25, 0.3) is 0 Å². The van der Waals surface area contributed by atoms with Crippen LogP contribution < -0.4 is 0 Å². The molecule has 0 unspecified atom stereocenters. The molecule has 1 aliphatic carbocycles. The quantitative estimate of drug-likeness (QED) is 0.733. The van der Waals surface area contributed by atoms with Gasteiger partial charge in [0.25, 0.3) is 11.8 Å². The fourth-order valence-corrected chi connectivity index (χ4v) is 5.95. The molecule has 0 bridgehead atoms. The molecule has 23 heavy (non-hydrogen) atoms. The van der Waals surface area contributed by atoms with Gasteiger partial charge in [-0.15, -0.1) is 0 Å². The summed E-state index contributed by atoms with van der Waals surface area (Å²) >= 11 is 0. The first kappa shape index (κ1) is 14.4. The lowest BCUT2D eigenvalue weighted by Crippen LogP contribution is -2.58. The van der Waals surface area contributed by atoms with Crippen molar-refractivity contribution in [3.05, 3.63) is 35.4 Å². The van der Waals surface area contributed by atoms with Crippen molar-refractivity contribution in [2.75, 3.05) is 11.5 Å². The Morgan fingerprint density at radius 2 is 1.61 bits per heavy atom. The molecule has 2 fully saturated rings. The Hall–Kier alpha value is -2.22. The van der Waals surface area contributed by atoms with Gasteiger partial charge in [0.05, 0.1) is 28.6 Å². The van der Waals surface area contributed by atoms with E-state index in [1.54, 1.807) is 12.1 Å². The average molecular weight is 335 g/mol. The van der Waals surface area contributed by atoms with Crippen molar-refractivity contribution in [3.63, 3.8) is 0 Å². The second-order valence-electron chi connectivity index (χ2n) is 6.50. The van der Waals surface area contributed by atoms with Gasteiger partial charge in [-0.3, -0.25) is 9.59 Å². The lowest BCUT2D eigenvalue weighted by atomic mass is 9.63. The van der Waals surface area contributed by atoms with E-state index in [4.69, 9.17) is 4.84 Å². The number of imide groups is 1. The van der Waals surface area contributed by atoms with Gasteiger partial charge >= 0.3 is 5.97 Å². The molecule has 0 atom stereocenters. The van der Waals surface area contributed by atoms with E-state index >= 15 is 0 Å². The second-order valence-corrected chi connectivity index (χ2v) is 8.56. The highest BCUT2D eigenvalue weighted by Gasteiger charge is 2.59. The number of rotatable bonds is 2. The van der Waals surface area contributed by atoms with E-state index in [9.17, 15) is 22.8 Å². The second kappa shape index (κ2) is 4.41. The molecule has 2 aliphatic heterocycles. The number of benzene rings is 1. The zero-order valence-electron chi connectivity index (χ0n) is 12.0. The van der Waals surface area contributed by atoms with E-state index in [1.165, 1.54) is 12.1 Å². The zero-order chi connectivity index (χ0) is 16.4. The van der Waals surface area contributed by atoms with Crippen LogP contribution in [0.1, 0.15) is 33.6 Å². The molecule has 7 nitrogen and oxygen atoms in total. The molecule has 1 aromatic rings. The molecule has 2 amide bonds. The van der Waals surface area contributed by atoms with Crippen molar-refractivity contribution in [1.29, 1.82) is 0 Å². The Morgan fingerprint density at radius 3 is 2.09 bits per heavy atom. The maximum Gasteiger partial charge on any atom is 0.336 e. The van der Waals surface area contributed by atoms with Crippen molar-refractivity contribution in [2.45, 2.75) is 12.8 Å². The summed E-state index contributed by atoms with van der Waals surface area (Å²) in [4.78, 5) is 41.3. The van der Waals surface area contributed by atoms with Crippen molar-refractivity contribution in [3.8, 4) is 0 Å². The Balaban J connectivity index is 1.42. The molecule has 3 aliphatic rings. The number of amides is 2. The smallest absolute Gasteiger partial charge is 0.329 e. The first-order chi connectivity index (χ1) is 10.8. The number of carbonyl (C=O) groups is 3. The molecule has 1 spiro atoms. The van der Waals surface area contributed by atoms with Gasteiger partial charge in [0.1, 0.15) is 0 Å². The number of hydroxylamine groups is 2. The highest BCUT2D eigenvalue weighted by atomic mass is 32.2. The first-order valence-corrected chi connectivity index (χ1v) is 9.03. The number of sulfone groups is 1. The van der Waals surface area contributed by atoms with Crippen LogP contribution in [0.4, 0.5) is 0 Å². The molecule has 4 rings (SSSR count). The molecule has 0 N–H and O–H groups in total. The van der Waals surface area contributed by atoms with Crippen LogP contribution >= 0.6 is 0 Å². The van der Waals surface area contributed by atoms with E-state index in [0.29, 0.717) is 17.9 Å². The average Bonchev–Trinajstić information content (AvgIpc) is 2.67. The predicted molar refractivity (Wildman–Crippen MR) is 76.8 cm³/mol. The largest absolute Gasteiger partial charge is 0.336 e. The first-order valence-electron chi connectivity index (χ1n) is 7.20. The Labute approximate surface area is 132 Å². The summed E-state index contributed by atoms with van der Waals surface area (Å²) in [5.41, 5.74) is 0.116. The van der Waals surface area contributed by atoms with Gasteiger partial charge in [-0.2, -0.15) is 0 Å². The van der Waals surface area contributed by atoms with Gasteiger partial charge in [-0.05, 0) is 30.4 Å². The highest BCUT2D eigenvalue weighted by molar-refractivity contribution is 7.92. The molecule has 0 aromatic heterocycles. The maximum atomic E-state index is 12.1. The van der Waals surface area contributed by atoms with Gasteiger partial charge in [-0.1, -0.05) is 17.2 Å². The topological polar surface area (TPSA) is 97.8 Å². The van der Waals surface area contributed by atoms with Gasteiger partial charge in [0, 0.05) is 0 Å². The number of nitrogens with zero attached hydrogens (tertiary/aromatic N) is 1. The van der Waals surface area contributed by atoms with Crippen molar-refractivity contribution in [2.24, 2.45) is 11.3 Å². The summed E-state index contributed by atoms with van der Waals surface area (Å²) in [6.45, 7) is 0. The van der Waals surface area contributed by atoms with Crippen LogP contribution in [-0.4, -0.2) is 42.8 Å². The summed E-state index contributed by atoms with van der Waals surface area (Å²) in [6.07, 6.45) is 0.850. The predicted octanol–water partition coefficient (Wildman–Crippen LogP) is 0.566. The molecule has 2 heterocycles. The zero-order valence-corrected chi connectivity index (χ0v) is 12.8. The van der Waals surface area contributed by atoms with Gasteiger partial charge < -0.3 is 4.84 Å². The minimum Gasteiger partial charge on any atom is -0.329 e. The number of fused-ring (bicyclic) bond motifs is 1. The molecule has 8 heteroatoms. The lowest BCUT2D eigenvalue weighted by Gasteiger charge is -2.51. The molecule has 1 saturated heterocycles. The SMILES string of the molecule is O=C(ON1C(=O)c2ccccc2C1=O)C1CC2(C1)CS(=O)(=O)C2. The highest BCUT2D eigenvalue weighted by Crippen LogP contribution is 2.53. The summed E-state index contributed by atoms with van der Waals surface area (Å²) in [6, 6.07) is 6.26. The van der Waals surface area contributed by atoms with E-state index < -0.39 is 33.5 Å². The summed E-state index contributed by atoms with van der Waals surface area (Å²) < 4.78 is 22.5. The van der Waals surface area contributed by atoms with Crippen LogP contribution in [-0.2, 0) is 19.5 Å². The minimum atomic E-state index is -2.95. The third kappa shape index (κ3) is 2.08. The molecule has 120 valence electrons. The Kier molecular flexibility index (Phi) is 2.76. The van der Waals surface area contributed by atoms with Crippen LogP contribution in [0, 0.1) is 11.3 Å². The summed E-state index contributed by atoms with van der Waals surface area (Å²) in [5, 5.41) is 0.496. The molecular formula is C15H13NO6S. The molecule has 1 saturated carbocycles. The van der Waals surface area contributed by atoms with Crippen molar-refractivity contribution >= 4 is 27.6 Å². The Bertz CT molecular complexity index is 803. The van der Waals surface area contributed by atoms with Gasteiger partial charge in [0.2, 0.25) is 0 Å². The normalized spacial score (nSPS) is 24.1. The third-order valence-electron chi connectivity index (χ3n) is 4.68. The molecule has 1 aromatic carbocycles. The van der Waals surface area contributed by atoms with Crippen molar-refractivity contribution < 1.29 is 27.6 Å². The third-order valence-corrected chi connectivity index (χ3v) is 6.79. The standard InChI is InChI=1S/C15H13NO6S/c17-12-10-3-1-2-4-11(10)13(18)16(12)22-14(19)9-5-15(6-9)7-23(20,21)8-15/h1-4,9H,5-8H2. The van der Waals surface area contributed by atoms with Crippen LogP contribution in [0.15, 0.2) is 24.3 Å². The number of hydrogen-bond acceptors (Lipinski definition) is 6. The van der Waals surface area contributed by atoms with Crippen LogP contribution in [0.5, 0.6) is 0 Å². The minimum absolute atomic E-state index is 0.108. The number of carbonyl (C=O) groups excluding carboxylic acids is 3. The van der Waals surface area contributed by atoms with Crippen molar-refractivity contribution in [1.82, 2.24) is 5.06 Å². The lowest BCUT2D eigenvalue weighted by molar-refractivity contribution is -0.181. The van der Waals surface area contributed by atoms with E-state index in [0.717, 1.165) is 0 Å². The maximum absolute atomic E-state index is 12.1. The fourth-order valence-electron chi connectivity index (χ4n) is 3.69. The Morgan fingerprint density at radius 1 is 1.09 bits per heavy atom. The summed E-state index contributed by atoms with van der Waals surface area (Å²) in [5.74, 6) is -2.21. The van der Waals surface area contributed by atoms with E-state index in [1.807, 2.05) is 0 Å².